The number of hydrogen-bond donors (Lipinski definition) is 1. The minimum Gasteiger partial charge on any atom is -0.378 e. The second-order valence-corrected chi connectivity index (χ2v) is 6.75. The topological polar surface area (TPSA) is 61.9 Å². The summed E-state index contributed by atoms with van der Waals surface area (Å²) in [6.07, 6.45) is 0.793. The van der Waals surface area contributed by atoms with E-state index in [1.165, 1.54) is 11.8 Å². The molecule has 0 saturated carbocycles. The van der Waals surface area contributed by atoms with E-state index in [1.807, 2.05) is 55.5 Å². The predicted octanol–water partition coefficient (Wildman–Crippen LogP) is 3.08. The van der Waals surface area contributed by atoms with Crippen LogP contribution >= 0.6 is 0 Å². The first-order valence-corrected chi connectivity index (χ1v) is 9.67. The first kappa shape index (κ1) is 19.9. The molecule has 2 amide bonds. The molecule has 0 atom stereocenters. The SMILES string of the molecule is CCc1ccccc1N(CC(=O)Nc1ccccc1N1CCOCC1)C(C)=O. The van der Waals surface area contributed by atoms with Crippen LogP contribution in [0.15, 0.2) is 48.5 Å². The van der Waals surface area contributed by atoms with E-state index in [4.69, 9.17) is 4.74 Å². The van der Waals surface area contributed by atoms with Crippen molar-refractivity contribution in [2.45, 2.75) is 20.3 Å². The molecule has 0 bridgehead atoms. The maximum atomic E-state index is 12.8. The highest BCUT2D eigenvalue weighted by Crippen LogP contribution is 2.27. The highest BCUT2D eigenvalue weighted by Gasteiger charge is 2.20. The Morgan fingerprint density at radius 1 is 1.07 bits per heavy atom. The molecule has 148 valence electrons. The van der Waals surface area contributed by atoms with Crippen LogP contribution in [0.1, 0.15) is 19.4 Å². The number of aryl methyl sites for hydroxylation is 1. The van der Waals surface area contributed by atoms with Gasteiger partial charge in [-0.3, -0.25) is 9.59 Å². The Hall–Kier alpha value is -2.86. The molecule has 28 heavy (non-hydrogen) atoms. The molecule has 1 heterocycles. The molecule has 1 saturated heterocycles. The number of nitrogens with zero attached hydrogens (tertiary/aromatic N) is 2. The van der Waals surface area contributed by atoms with Crippen molar-refractivity contribution in [3.8, 4) is 0 Å². The molecule has 0 spiro atoms. The van der Waals surface area contributed by atoms with Crippen molar-refractivity contribution in [3.63, 3.8) is 0 Å². The van der Waals surface area contributed by atoms with Crippen LogP contribution in [0.2, 0.25) is 0 Å². The third kappa shape index (κ3) is 4.70. The van der Waals surface area contributed by atoms with E-state index in [1.54, 1.807) is 0 Å². The molecule has 0 unspecified atom stereocenters. The number of carbonyl (C=O) groups excluding carboxylic acids is 2. The van der Waals surface area contributed by atoms with Crippen LogP contribution in [0, 0.1) is 0 Å². The highest BCUT2D eigenvalue weighted by atomic mass is 16.5. The van der Waals surface area contributed by atoms with Gasteiger partial charge >= 0.3 is 0 Å². The van der Waals surface area contributed by atoms with Gasteiger partial charge in [0, 0.05) is 25.7 Å². The molecule has 1 N–H and O–H groups in total. The van der Waals surface area contributed by atoms with Crippen molar-refractivity contribution in [2.75, 3.05) is 48.0 Å². The average molecular weight is 381 g/mol. The van der Waals surface area contributed by atoms with Crippen LogP contribution in [-0.2, 0) is 20.7 Å². The fourth-order valence-electron chi connectivity index (χ4n) is 3.43. The van der Waals surface area contributed by atoms with Gasteiger partial charge in [0.2, 0.25) is 11.8 Å². The summed E-state index contributed by atoms with van der Waals surface area (Å²) in [6.45, 7) is 6.43. The van der Waals surface area contributed by atoms with Gasteiger partial charge in [-0.05, 0) is 30.2 Å². The molecule has 0 aliphatic carbocycles. The summed E-state index contributed by atoms with van der Waals surface area (Å²) in [4.78, 5) is 28.8. The summed E-state index contributed by atoms with van der Waals surface area (Å²) in [5.41, 5.74) is 3.55. The van der Waals surface area contributed by atoms with Crippen LogP contribution in [0.3, 0.4) is 0 Å². The molecule has 2 aromatic rings. The molecule has 6 heteroatoms. The smallest absolute Gasteiger partial charge is 0.244 e. The molecule has 3 rings (SSSR count). The zero-order valence-electron chi connectivity index (χ0n) is 16.5. The molecule has 0 aromatic heterocycles. The lowest BCUT2D eigenvalue weighted by atomic mass is 10.1. The Morgan fingerprint density at radius 3 is 2.46 bits per heavy atom. The normalized spacial score (nSPS) is 13.9. The van der Waals surface area contributed by atoms with Crippen LogP contribution in [0.25, 0.3) is 0 Å². The van der Waals surface area contributed by atoms with Crippen LogP contribution in [0.5, 0.6) is 0 Å². The van der Waals surface area contributed by atoms with Crippen molar-refractivity contribution >= 4 is 28.9 Å². The summed E-state index contributed by atoms with van der Waals surface area (Å²) in [6, 6.07) is 15.4. The summed E-state index contributed by atoms with van der Waals surface area (Å²) in [5.74, 6) is -0.376. The van der Waals surface area contributed by atoms with E-state index in [-0.39, 0.29) is 18.4 Å². The van der Waals surface area contributed by atoms with Crippen molar-refractivity contribution in [1.82, 2.24) is 0 Å². The summed E-state index contributed by atoms with van der Waals surface area (Å²) in [7, 11) is 0. The second-order valence-electron chi connectivity index (χ2n) is 6.75. The molecular weight excluding hydrogens is 354 g/mol. The maximum absolute atomic E-state index is 12.8. The molecular formula is C22H27N3O3. The minimum absolute atomic E-state index is 0.0240. The fraction of sp³-hybridized carbons (Fsp3) is 0.364. The predicted molar refractivity (Wildman–Crippen MR) is 112 cm³/mol. The molecule has 1 aliphatic heterocycles. The van der Waals surface area contributed by atoms with Gasteiger partial charge in [-0.2, -0.15) is 0 Å². The van der Waals surface area contributed by atoms with Gasteiger partial charge < -0.3 is 19.9 Å². The number of rotatable bonds is 6. The lowest BCUT2D eigenvalue weighted by Gasteiger charge is -2.30. The number of carbonyl (C=O) groups is 2. The largest absolute Gasteiger partial charge is 0.378 e. The van der Waals surface area contributed by atoms with Gasteiger partial charge in [0.1, 0.15) is 6.54 Å². The van der Waals surface area contributed by atoms with Crippen molar-refractivity contribution in [2.24, 2.45) is 0 Å². The van der Waals surface area contributed by atoms with Crippen LogP contribution < -0.4 is 15.1 Å². The lowest BCUT2D eigenvalue weighted by molar-refractivity contribution is -0.120. The Labute approximate surface area is 166 Å². The van der Waals surface area contributed by atoms with Crippen molar-refractivity contribution in [1.29, 1.82) is 0 Å². The summed E-state index contributed by atoms with van der Waals surface area (Å²) >= 11 is 0. The van der Waals surface area contributed by atoms with E-state index >= 15 is 0 Å². The molecule has 2 aromatic carbocycles. The third-order valence-corrected chi connectivity index (χ3v) is 4.88. The Morgan fingerprint density at radius 2 is 1.75 bits per heavy atom. The number of hydrogen-bond acceptors (Lipinski definition) is 4. The van der Waals surface area contributed by atoms with Crippen molar-refractivity contribution in [3.05, 3.63) is 54.1 Å². The van der Waals surface area contributed by atoms with Crippen LogP contribution in [-0.4, -0.2) is 44.7 Å². The maximum Gasteiger partial charge on any atom is 0.244 e. The standard InChI is InChI=1S/C22H27N3O3/c1-3-18-8-4-6-10-20(18)25(17(2)26)16-22(27)23-19-9-5-7-11-21(19)24-12-14-28-15-13-24/h4-11H,3,12-16H2,1-2H3,(H,23,27). The van der Waals surface area contributed by atoms with E-state index in [0.29, 0.717) is 13.2 Å². The molecule has 6 nitrogen and oxygen atoms in total. The third-order valence-electron chi connectivity index (χ3n) is 4.88. The van der Waals surface area contributed by atoms with Gasteiger partial charge in [0.25, 0.3) is 0 Å². The number of ether oxygens (including phenoxy) is 1. The first-order valence-electron chi connectivity index (χ1n) is 9.67. The number of anilines is 3. The van der Waals surface area contributed by atoms with Gasteiger partial charge in [0.05, 0.1) is 24.6 Å². The lowest BCUT2D eigenvalue weighted by Crippen LogP contribution is -2.38. The zero-order chi connectivity index (χ0) is 19.9. The number of amides is 2. The Balaban J connectivity index is 1.76. The van der Waals surface area contributed by atoms with Gasteiger partial charge in [-0.15, -0.1) is 0 Å². The fourth-order valence-corrected chi connectivity index (χ4v) is 3.43. The number of morpholine rings is 1. The van der Waals surface area contributed by atoms with E-state index < -0.39 is 0 Å². The Bertz CT molecular complexity index is 831. The molecule has 0 radical (unpaired) electrons. The number of para-hydroxylation sites is 3. The molecule has 1 fully saturated rings. The summed E-state index contributed by atoms with van der Waals surface area (Å²) < 4.78 is 5.42. The van der Waals surface area contributed by atoms with Crippen LogP contribution in [0.4, 0.5) is 17.1 Å². The minimum atomic E-state index is -0.221. The monoisotopic (exact) mass is 381 g/mol. The van der Waals surface area contributed by atoms with E-state index in [0.717, 1.165) is 42.1 Å². The second kappa shape index (κ2) is 9.37. The zero-order valence-corrected chi connectivity index (χ0v) is 16.5. The van der Waals surface area contributed by atoms with Gasteiger partial charge in [-0.1, -0.05) is 37.3 Å². The average Bonchev–Trinajstić information content (AvgIpc) is 2.73. The van der Waals surface area contributed by atoms with E-state index in [2.05, 4.69) is 10.2 Å². The molecule has 1 aliphatic rings. The quantitative estimate of drug-likeness (QED) is 0.835. The number of benzene rings is 2. The summed E-state index contributed by atoms with van der Waals surface area (Å²) in [5, 5.41) is 2.99. The van der Waals surface area contributed by atoms with Gasteiger partial charge in [-0.25, -0.2) is 0 Å². The van der Waals surface area contributed by atoms with E-state index in [9.17, 15) is 9.59 Å². The Kier molecular flexibility index (Phi) is 6.66. The highest BCUT2D eigenvalue weighted by molar-refractivity contribution is 6.03. The number of nitrogens with one attached hydrogen (secondary N) is 1. The first-order chi connectivity index (χ1) is 13.6. The van der Waals surface area contributed by atoms with Crippen molar-refractivity contribution < 1.29 is 14.3 Å². The van der Waals surface area contributed by atoms with Gasteiger partial charge in [0.15, 0.2) is 0 Å².